The van der Waals surface area contributed by atoms with Crippen molar-refractivity contribution >= 4 is 39.1 Å². The summed E-state index contributed by atoms with van der Waals surface area (Å²) in [6.45, 7) is 4.41. The summed E-state index contributed by atoms with van der Waals surface area (Å²) in [5.41, 5.74) is 0.643. The molecule has 1 saturated heterocycles. The standard InChI is InChI=1S/C22H22BrFN4O3/c1-22(2)9-8-14(31-22)12-25-20(29)13-6-7-15(24)16(11-13)26-21(30)18-19(23)28-10-4-3-5-17(28)27-18/h3-7,10-11,14H,8-9,12H2,1-2H3,(H,25,29)(H,26,30)/t14-/m0/s1. The van der Waals surface area contributed by atoms with Gasteiger partial charge in [-0.1, -0.05) is 6.07 Å². The molecule has 1 aliphatic rings. The van der Waals surface area contributed by atoms with Gasteiger partial charge in [-0.05, 0) is 73.0 Å². The predicted octanol–water partition coefficient (Wildman–Crippen LogP) is 4.18. The fourth-order valence-corrected chi connectivity index (χ4v) is 4.15. The highest BCUT2D eigenvalue weighted by Crippen LogP contribution is 2.29. The molecule has 31 heavy (non-hydrogen) atoms. The van der Waals surface area contributed by atoms with E-state index in [1.54, 1.807) is 28.8 Å². The number of halogens is 2. The van der Waals surface area contributed by atoms with Crippen LogP contribution in [0.15, 0.2) is 47.2 Å². The molecule has 1 atom stereocenters. The molecular formula is C22H22BrFN4O3. The molecule has 2 amide bonds. The Hall–Kier alpha value is -2.78. The van der Waals surface area contributed by atoms with Crippen molar-refractivity contribution in [3.8, 4) is 0 Å². The van der Waals surface area contributed by atoms with Crippen molar-refractivity contribution < 1.29 is 18.7 Å². The highest BCUT2D eigenvalue weighted by atomic mass is 79.9. The first-order valence-corrected chi connectivity index (χ1v) is 10.7. The maximum atomic E-state index is 14.3. The number of fused-ring (bicyclic) bond motifs is 1. The molecule has 9 heteroatoms. The number of pyridine rings is 1. The molecular weight excluding hydrogens is 467 g/mol. The average molecular weight is 489 g/mol. The molecule has 1 fully saturated rings. The lowest BCUT2D eigenvalue weighted by Crippen LogP contribution is -2.33. The number of carbonyl (C=O) groups excluding carboxylic acids is 2. The van der Waals surface area contributed by atoms with Gasteiger partial charge in [0.2, 0.25) is 0 Å². The minimum atomic E-state index is -0.648. The molecule has 0 aliphatic carbocycles. The van der Waals surface area contributed by atoms with E-state index in [-0.39, 0.29) is 34.6 Å². The van der Waals surface area contributed by atoms with Crippen molar-refractivity contribution in [3.63, 3.8) is 0 Å². The Morgan fingerprint density at radius 3 is 2.81 bits per heavy atom. The van der Waals surface area contributed by atoms with Crippen LogP contribution in [0.5, 0.6) is 0 Å². The second-order valence-electron chi connectivity index (χ2n) is 8.08. The normalized spacial score (nSPS) is 17.6. The second-order valence-corrected chi connectivity index (χ2v) is 8.83. The number of hydrogen-bond donors (Lipinski definition) is 2. The van der Waals surface area contributed by atoms with E-state index in [2.05, 4.69) is 31.5 Å². The zero-order valence-electron chi connectivity index (χ0n) is 17.1. The van der Waals surface area contributed by atoms with Crippen LogP contribution in [0.25, 0.3) is 5.65 Å². The molecule has 0 radical (unpaired) electrons. The van der Waals surface area contributed by atoms with Crippen molar-refractivity contribution in [3.05, 3.63) is 64.3 Å². The predicted molar refractivity (Wildman–Crippen MR) is 118 cm³/mol. The Balaban J connectivity index is 1.46. The van der Waals surface area contributed by atoms with Crippen molar-refractivity contribution in [1.82, 2.24) is 14.7 Å². The number of carbonyl (C=O) groups is 2. The lowest BCUT2D eigenvalue weighted by molar-refractivity contribution is -0.0138. The summed E-state index contributed by atoms with van der Waals surface area (Å²) < 4.78 is 22.3. The van der Waals surface area contributed by atoms with Crippen LogP contribution < -0.4 is 10.6 Å². The molecule has 2 N–H and O–H groups in total. The van der Waals surface area contributed by atoms with Gasteiger partial charge < -0.3 is 15.4 Å². The summed E-state index contributed by atoms with van der Waals surface area (Å²) >= 11 is 3.35. The largest absolute Gasteiger partial charge is 0.371 e. The number of anilines is 1. The van der Waals surface area contributed by atoms with Crippen LogP contribution in [0.1, 0.15) is 47.5 Å². The summed E-state index contributed by atoms with van der Waals surface area (Å²) in [5.74, 6) is -1.60. The number of ether oxygens (including phenoxy) is 1. The van der Waals surface area contributed by atoms with Crippen LogP contribution in [0.2, 0.25) is 0 Å². The third-order valence-corrected chi connectivity index (χ3v) is 5.97. The first-order chi connectivity index (χ1) is 14.7. The monoisotopic (exact) mass is 488 g/mol. The van der Waals surface area contributed by atoms with Crippen LogP contribution in [0.3, 0.4) is 0 Å². The first-order valence-electron chi connectivity index (χ1n) is 9.93. The van der Waals surface area contributed by atoms with Gasteiger partial charge in [0.25, 0.3) is 11.8 Å². The number of nitrogens with one attached hydrogen (secondary N) is 2. The van der Waals surface area contributed by atoms with Crippen molar-refractivity contribution in [1.29, 1.82) is 0 Å². The first kappa shape index (κ1) is 21.5. The molecule has 4 rings (SSSR count). The summed E-state index contributed by atoms with van der Waals surface area (Å²) in [6.07, 6.45) is 3.50. The molecule has 162 valence electrons. The highest BCUT2D eigenvalue weighted by Gasteiger charge is 2.31. The molecule has 3 heterocycles. The highest BCUT2D eigenvalue weighted by molar-refractivity contribution is 9.10. The fourth-order valence-electron chi connectivity index (χ4n) is 3.58. The molecule has 1 aromatic carbocycles. The van der Waals surface area contributed by atoms with Gasteiger partial charge in [-0.3, -0.25) is 14.0 Å². The van der Waals surface area contributed by atoms with Crippen LogP contribution in [-0.2, 0) is 4.74 Å². The van der Waals surface area contributed by atoms with Gasteiger partial charge in [-0.25, -0.2) is 9.37 Å². The summed E-state index contributed by atoms with van der Waals surface area (Å²) in [4.78, 5) is 29.5. The molecule has 0 spiro atoms. The minimum Gasteiger partial charge on any atom is -0.371 e. The van der Waals surface area contributed by atoms with Gasteiger partial charge in [-0.2, -0.15) is 0 Å². The number of aromatic nitrogens is 2. The summed E-state index contributed by atoms with van der Waals surface area (Å²) in [5, 5.41) is 5.32. The number of imidazole rings is 1. The van der Waals surface area contributed by atoms with Gasteiger partial charge >= 0.3 is 0 Å². The van der Waals surface area contributed by atoms with Crippen LogP contribution in [-0.4, -0.2) is 39.4 Å². The van der Waals surface area contributed by atoms with Gasteiger partial charge in [-0.15, -0.1) is 0 Å². The Kier molecular flexibility index (Phi) is 5.81. The molecule has 0 unspecified atom stereocenters. The minimum absolute atomic E-state index is 0.0500. The van der Waals surface area contributed by atoms with E-state index in [1.165, 1.54) is 12.1 Å². The number of hydrogen-bond acceptors (Lipinski definition) is 4. The zero-order chi connectivity index (χ0) is 22.2. The Morgan fingerprint density at radius 1 is 1.29 bits per heavy atom. The Bertz CT molecular complexity index is 1160. The smallest absolute Gasteiger partial charge is 0.277 e. The van der Waals surface area contributed by atoms with Gasteiger partial charge in [0, 0.05) is 18.3 Å². The van der Waals surface area contributed by atoms with E-state index in [9.17, 15) is 14.0 Å². The summed E-state index contributed by atoms with van der Waals surface area (Å²) in [6, 6.07) is 9.20. The maximum absolute atomic E-state index is 14.3. The SMILES string of the molecule is CC1(C)CC[C@@H](CNC(=O)c2ccc(F)c(NC(=O)c3nc4ccccn4c3Br)c2)O1. The van der Waals surface area contributed by atoms with Gasteiger partial charge in [0.1, 0.15) is 16.1 Å². The lowest BCUT2D eigenvalue weighted by atomic mass is 10.1. The number of amides is 2. The quantitative estimate of drug-likeness (QED) is 0.564. The maximum Gasteiger partial charge on any atom is 0.277 e. The Morgan fingerprint density at radius 2 is 2.10 bits per heavy atom. The lowest BCUT2D eigenvalue weighted by Gasteiger charge is -2.19. The molecule has 1 aliphatic heterocycles. The zero-order valence-corrected chi connectivity index (χ0v) is 18.7. The van der Waals surface area contributed by atoms with E-state index >= 15 is 0 Å². The topological polar surface area (TPSA) is 84.7 Å². The van der Waals surface area contributed by atoms with E-state index in [4.69, 9.17) is 4.74 Å². The molecule has 7 nitrogen and oxygen atoms in total. The van der Waals surface area contributed by atoms with Crippen molar-refractivity contribution in [2.24, 2.45) is 0 Å². The fraction of sp³-hybridized carbons (Fsp3) is 0.318. The average Bonchev–Trinajstić information content (AvgIpc) is 3.27. The van der Waals surface area contributed by atoms with Crippen LogP contribution in [0.4, 0.5) is 10.1 Å². The van der Waals surface area contributed by atoms with E-state index < -0.39 is 11.7 Å². The molecule has 0 saturated carbocycles. The van der Waals surface area contributed by atoms with Crippen LogP contribution in [0, 0.1) is 5.82 Å². The number of rotatable bonds is 5. The second kappa shape index (κ2) is 8.39. The van der Waals surface area contributed by atoms with Gasteiger partial charge in [0.15, 0.2) is 5.69 Å². The Labute approximate surface area is 187 Å². The van der Waals surface area contributed by atoms with E-state index in [0.29, 0.717) is 16.8 Å². The van der Waals surface area contributed by atoms with Gasteiger partial charge in [0.05, 0.1) is 17.4 Å². The molecule has 3 aromatic rings. The number of benzene rings is 1. The number of nitrogens with zero attached hydrogens (tertiary/aromatic N) is 2. The van der Waals surface area contributed by atoms with E-state index in [0.717, 1.165) is 18.9 Å². The van der Waals surface area contributed by atoms with Crippen molar-refractivity contribution in [2.45, 2.75) is 38.4 Å². The third-order valence-electron chi connectivity index (χ3n) is 5.21. The van der Waals surface area contributed by atoms with E-state index in [1.807, 2.05) is 13.8 Å². The molecule has 2 aromatic heterocycles. The summed E-state index contributed by atoms with van der Waals surface area (Å²) in [7, 11) is 0. The van der Waals surface area contributed by atoms with Crippen molar-refractivity contribution in [2.75, 3.05) is 11.9 Å². The van der Waals surface area contributed by atoms with Crippen LogP contribution >= 0.6 is 15.9 Å². The third kappa shape index (κ3) is 4.62. The molecule has 0 bridgehead atoms.